The minimum atomic E-state index is 0.144. The highest BCUT2D eigenvalue weighted by atomic mass is 15.2. The Morgan fingerprint density at radius 1 is 0.833 bits per heavy atom. The van der Waals surface area contributed by atoms with Crippen LogP contribution in [0.4, 0.5) is 17.5 Å². The topological polar surface area (TPSA) is 49.8 Å². The molecule has 0 unspecified atom stereocenters. The van der Waals surface area contributed by atoms with Crippen molar-refractivity contribution in [1.29, 1.82) is 0 Å². The Balaban J connectivity index is 1.61. The first-order valence-corrected chi connectivity index (χ1v) is 11.1. The van der Waals surface area contributed by atoms with Crippen LogP contribution in [0.2, 0.25) is 0 Å². The van der Waals surface area contributed by atoms with Crippen LogP contribution in [0.3, 0.4) is 0 Å². The van der Waals surface area contributed by atoms with Gasteiger partial charge in [0.15, 0.2) is 0 Å². The third-order valence-corrected chi connectivity index (χ3v) is 5.76. The molecule has 0 bridgehead atoms. The van der Waals surface area contributed by atoms with E-state index in [1.165, 1.54) is 37.7 Å². The summed E-state index contributed by atoms with van der Waals surface area (Å²) in [6, 6.07) is 21.4. The average molecular weight is 401 g/mol. The van der Waals surface area contributed by atoms with Crippen LogP contribution >= 0.6 is 0 Å². The lowest BCUT2D eigenvalue weighted by atomic mass is 9.87. The normalized spacial score (nSPS) is 15.0. The van der Waals surface area contributed by atoms with Crippen molar-refractivity contribution in [3.8, 4) is 11.3 Å². The summed E-state index contributed by atoms with van der Waals surface area (Å²) >= 11 is 0. The minimum absolute atomic E-state index is 0.144. The lowest BCUT2D eigenvalue weighted by Crippen LogP contribution is -2.23. The van der Waals surface area contributed by atoms with Gasteiger partial charge in [0, 0.05) is 23.4 Å². The lowest BCUT2D eigenvalue weighted by Gasteiger charge is -2.23. The van der Waals surface area contributed by atoms with Crippen molar-refractivity contribution < 1.29 is 0 Å². The van der Waals surface area contributed by atoms with Crippen LogP contribution in [-0.2, 0) is 5.41 Å². The van der Waals surface area contributed by atoms with E-state index in [9.17, 15) is 0 Å². The Labute approximate surface area is 180 Å². The maximum atomic E-state index is 4.82. The van der Waals surface area contributed by atoms with E-state index < -0.39 is 0 Å². The van der Waals surface area contributed by atoms with Gasteiger partial charge < -0.3 is 10.6 Å². The van der Waals surface area contributed by atoms with Gasteiger partial charge in [0.1, 0.15) is 5.82 Å². The number of anilines is 3. The molecule has 4 rings (SSSR count). The largest absolute Gasteiger partial charge is 0.351 e. The second-order valence-electron chi connectivity index (χ2n) is 9.26. The second kappa shape index (κ2) is 8.86. The quantitative estimate of drug-likeness (QED) is 0.487. The molecule has 0 aliphatic heterocycles. The molecule has 2 aromatic carbocycles. The van der Waals surface area contributed by atoms with Crippen LogP contribution in [-0.4, -0.2) is 16.0 Å². The molecule has 0 saturated heterocycles. The molecule has 1 fully saturated rings. The van der Waals surface area contributed by atoms with E-state index >= 15 is 0 Å². The fourth-order valence-corrected chi connectivity index (χ4v) is 3.96. The summed E-state index contributed by atoms with van der Waals surface area (Å²) in [7, 11) is 0. The molecule has 0 radical (unpaired) electrons. The van der Waals surface area contributed by atoms with Crippen molar-refractivity contribution in [2.24, 2.45) is 0 Å². The molecule has 1 heterocycles. The van der Waals surface area contributed by atoms with Crippen molar-refractivity contribution >= 4 is 17.5 Å². The van der Waals surface area contributed by atoms with E-state index in [4.69, 9.17) is 9.97 Å². The highest BCUT2D eigenvalue weighted by Gasteiger charge is 2.16. The molecule has 156 valence electrons. The van der Waals surface area contributed by atoms with Gasteiger partial charge in [-0.1, -0.05) is 82.5 Å². The highest BCUT2D eigenvalue weighted by molar-refractivity contribution is 5.67. The van der Waals surface area contributed by atoms with Gasteiger partial charge in [-0.3, -0.25) is 0 Å². The van der Waals surface area contributed by atoms with Crippen LogP contribution in [0.1, 0.15) is 58.4 Å². The number of hydrogen-bond acceptors (Lipinski definition) is 4. The maximum Gasteiger partial charge on any atom is 0.225 e. The molecule has 2 N–H and O–H groups in total. The van der Waals surface area contributed by atoms with Crippen molar-refractivity contribution in [2.45, 2.75) is 64.3 Å². The fourth-order valence-electron chi connectivity index (χ4n) is 3.96. The Bertz CT molecular complexity index is 953. The van der Waals surface area contributed by atoms with Gasteiger partial charge in [0.05, 0.1) is 5.69 Å². The zero-order valence-corrected chi connectivity index (χ0v) is 18.3. The molecule has 1 aromatic heterocycles. The monoisotopic (exact) mass is 400 g/mol. The molecule has 4 heteroatoms. The van der Waals surface area contributed by atoms with E-state index in [0.29, 0.717) is 12.0 Å². The molecule has 1 saturated carbocycles. The molecule has 0 atom stereocenters. The first kappa shape index (κ1) is 20.4. The molecule has 3 aromatic rings. The summed E-state index contributed by atoms with van der Waals surface area (Å²) in [5.41, 5.74) is 4.52. The Hall–Kier alpha value is -2.88. The van der Waals surface area contributed by atoms with E-state index in [1.54, 1.807) is 0 Å². The summed E-state index contributed by atoms with van der Waals surface area (Å²) in [6.07, 6.45) is 6.27. The van der Waals surface area contributed by atoms with Gasteiger partial charge in [0.25, 0.3) is 0 Å². The summed E-state index contributed by atoms with van der Waals surface area (Å²) in [5.74, 6) is 1.52. The molecular weight excluding hydrogens is 368 g/mol. The predicted octanol–water partition coefficient (Wildman–Crippen LogP) is 6.93. The van der Waals surface area contributed by atoms with Crippen molar-refractivity contribution in [3.05, 3.63) is 66.2 Å². The van der Waals surface area contributed by atoms with Gasteiger partial charge in [-0.15, -0.1) is 0 Å². The SMILES string of the molecule is CC(C)(C)c1ccc(Nc2cc(-c3ccccc3)nc(NC3CCCCC3)n2)cc1. The smallest absolute Gasteiger partial charge is 0.225 e. The summed E-state index contributed by atoms with van der Waals surface area (Å²) in [6.45, 7) is 6.69. The van der Waals surface area contributed by atoms with E-state index in [-0.39, 0.29) is 5.41 Å². The van der Waals surface area contributed by atoms with Gasteiger partial charge in [-0.05, 0) is 36.0 Å². The van der Waals surface area contributed by atoms with Crippen molar-refractivity contribution in [1.82, 2.24) is 9.97 Å². The third-order valence-electron chi connectivity index (χ3n) is 5.76. The number of rotatable bonds is 5. The summed E-state index contributed by atoms with van der Waals surface area (Å²) < 4.78 is 0. The van der Waals surface area contributed by atoms with Crippen LogP contribution in [0, 0.1) is 0 Å². The summed E-state index contributed by atoms with van der Waals surface area (Å²) in [5, 5.41) is 7.06. The Kier molecular flexibility index (Phi) is 6.03. The second-order valence-corrected chi connectivity index (χ2v) is 9.26. The van der Waals surface area contributed by atoms with Gasteiger partial charge in [0.2, 0.25) is 5.95 Å². The molecule has 0 amide bonds. The van der Waals surface area contributed by atoms with Crippen LogP contribution in [0.15, 0.2) is 60.7 Å². The zero-order valence-electron chi connectivity index (χ0n) is 18.3. The van der Waals surface area contributed by atoms with E-state index in [0.717, 1.165) is 22.8 Å². The Morgan fingerprint density at radius 3 is 2.20 bits per heavy atom. The molecule has 1 aliphatic carbocycles. The van der Waals surface area contributed by atoms with E-state index in [1.807, 2.05) is 24.3 Å². The van der Waals surface area contributed by atoms with Crippen LogP contribution in [0.25, 0.3) is 11.3 Å². The highest BCUT2D eigenvalue weighted by Crippen LogP contribution is 2.28. The van der Waals surface area contributed by atoms with Crippen molar-refractivity contribution in [2.75, 3.05) is 10.6 Å². The first-order valence-electron chi connectivity index (χ1n) is 11.1. The van der Waals surface area contributed by atoms with Crippen LogP contribution in [0.5, 0.6) is 0 Å². The van der Waals surface area contributed by atoms with E-state index in [2.05, 4.69) is 67.8 Å². The standard InChI is InChI=1S/C26H32N4/c1-26(2,3)20-14-16-22(17-15-20)27-24-18-23(19-10-6-4-7-11-19)29-25(30-24)28-21-12-8-5-9-13-21/h4,6-7,10-11,14-18,21H,5,8-9,12-13H2,1-3H3,(H2,27,28,29,30). The van der Waals surface area contributed by atoms with Crippen LogP contribution < -0.4 is 10.6 Å². The lowest BCUT2D eigenvalue weighted by molar-refractivity contribution is 0.461. The first-order chi connectivity index (χ1) is 14.5. The minimum Gasteiger partial charge on any atom is -0.351 e. The third kappa shape index (κ3) is 5.18. The average Bonchev–Trinajstić information content (AvgIpc) is 2.75. The number of nitrogens with zero attached hydrogens (tertiary/aromatic N) is 2. The van der Waals surface area contributed by atoms with Crippen molar-refractivity contribution in [3.63, 3.8) is 0 Å². The molecule has 30 heavy (non-hydrogen) atoms. The molecule has 1 aliphatic rings. The molecule has 4 nitrogen and oxygen atoms in total. The number of nitrogens with one attached hydrogen (secondary N) is 2. The molecular formula is C26H32N4. The maximum absolute atomic E-state index is 4.82. The predicted molar refractivity (Wildman–Crippen MR) is 126 cm³/mol. The number of aromatic nitrogens is 2. The summed E-state index contributed by atoms with van der Waals surface area (Å²) in [4.78, 5) is 9.61. The Morgan fingerprint density at radius 2 is 1.53 bits per heavy atom. The van der Waals surface area contributed by atoms with Gasteiger partial charge in [-0.2, -0.15) is 4.98 Å². The van der Waals surface area contributed by atoms with Gasteiger partial charge >= 0.3 is 0 Å². The fraction of sp³-hybridized carbons (Fsp3) is 0.385. The number of hydrogen-bond donors (Lipinski definition) is 2. The zero-order chi connectivity index (χ0) is 21.0. The molecule has 0 spiro atoms. The van der Waals surface area contributed by atoms with Gasteiger partial charge in [-0.25, -0.2) is 4.98 Å². The number of benzene rings is 2.